The van der Waals surface area contributed by atoms with Crippen LogP contribution in [0.1, 0.15) is 11.7 Å². The van der Waals surface area contributed by atoms with E-state index in [4.69, 9.17) is 5.73 Å². The molecular weight excluding hydrogens is 366 g/mol. The third kappa shape index (κ3) is 2.76. The maximum absolute atomic E-state index is 9.53. The second kappa shape index (κ2) is 4.89. The van der Waals surface area contributed by atoms with E-state index in [9.17, 15) is 5.11 Å². The van der Waals surface area contributed by atoms with Gasteiger partial charge in [0.25, 0.3) is 0 Å². The Morgan fingerprint density at radius 3 is 2.23 bits per heavy atom. The van der Waals surface area contributed by atoms with Gasteiger partial charge in [0.2, 0.25) is 0 Å². The second-order valence-electron chi connectivity index (χ2n) is 2.54. The quantitative estimate of drug-likeness (QED) is 0.783. The molecule has 2 nitrogen and oxygen atoms in total. The van der Waals surface area contributed by atoms with Gasteiger partial charge in [0.15, 0.2) is 0 Å². The maximum atomic E-state index is 9.53. The molecule has 0 aliphatic rings. The van der Waals surface area contributed by atoms with Gasteiger partial charge in [-0.05, 0) is 49.6 Å². The Labute approximate surface area is 102 Å². The Morgan fingerprint density at radius 2 is 1.69 bits per heavy atom. The summed E-state index contributed by atoms with van der Waals surface area (Å²) in [4.78, 5) is 0. The lowest BCUT2D eigenvalue weighted by molar-refractivity contribution is 0.186. The molecule has 0 saturated carbocycles. The molecule has 0 aliphatic heterocycles. The summed E-state index contributed by atoms with van der Waals surface area (Å²) in [5.74, 6) is 0. The molecule has 0 aromatic heterocycles. The summed E-state index contributed by atoms with van der Waals surface area (Å²) in [5, 5.41) is 9.53. The van der Waals surface area contributed by atoms with E-state index in [-0.39, 0.29) is 6.54 Å². The molecule has 0 heterocycles. The molecule has 1 atom stereocenters. The van der Waals surface area contributed by atoms with E-state index in [0.29, 0.717) is 0 Å². The van der Waals surface area contributed by atoms with Crippen molar-refractivity contribution in [3.8, 4) is 0 Å². The Bertz CT molecular complexity index is 317. The van der Waals surface area contributed by atoms with Gasteiger partial charge < -0.3 is 10.8 Å². The summed E-state index contributed by atoms with van der Waals surface area (Å²) in [6.45, 7) is 0.215. The summed E-state index contributed by atoms with van der Waals surface area (Å²) in [6, 6.07) is 3.71. The molecule has 13 heavy (non-hydrogen) atoms. The zero-order chi connectivity index (χ0) is 10.0. The third-order valence-electron chi connectivity index (χ3n) is 1.62. The molecule has 0 spiro atoms. The van der Waals surface area contributed by atoms with Crippen LogP contribution in [0.25, 0.3) is 0 Å². The standard InChI is InChI=1S/C8H8Br3NO/c9-5-2-7(11)6(10)1-4(5)8(13)3-12/h1-2,8,13H,3,12H2/t8-/m0/s1. The van der Waals surface area contributed by atoms with Crippen LogP contribution in [0.2, 0.25) is 0 Å². The van der Waals surface area contributed by atoms with Gasteiger partial charge in [0.05, 0.1) is 6.10 Å². The van der Waals surface area contributed by atoms with Crippen LogP contribution in [0, 0.1) is 0 Å². The molecule has 0 radical (unpaired) electrons. The Kier molecular flexibility index (Phi) is 4.38. The number of hydrogen-bond acceptors (Lipinski definition) is 2. The molecule has 72 valence electrons. The van der Waals surface area contributed by atoms with Gasteiger partial charge in [-0.1, -0.05) is 15.9 Å². The van der Waals surface area contributed by atoms with E-state index in [1.165, 1.54) is 0 Å². The highest BCUT2D eigenvalue weighted by molar-refractivity contribution is 9.13. The predicted octanol–water partition coefficient (Wildman–Crippen LogP) is 2.97. The highest BCUT2D eigenvalue weighted by Crippen LogP contribution is 2.32. The van der Waals surface area contributed by atoms with Crippen molar-refractivity contribution in [2.24, 2.45) is 5.73 Å². The van der Waals surface area contributed by atoms with Crippen molar-refractivity contribution in [3.63, 3.8) is 0 Å². The number of aliphatic hydroxyl groups excluding tert-OH is 1. The third-order valence-corrected chi connectivity index (χ3v) is 4.15. The van der Waals surface area contributed by atoms with Gasteiger partial charge in [0.1, 0.15) is 0 Å². The van der Waals surface area contributed by atoms with Gasteiger partial charge in [-0.15, -0.1) is 0 Å². The van der Waals surface area contributed by atoms with Crippen LogP contribution in [0.5, 0.6) is 0 Å². The van der Waals surface area contributed by atoms with E-state index in [2.05, 4.69) is 47.8 Å². The maximum Gasteiger partial charge on any atom is 0.0923 e. The first-order chi connectivity index (χ1) is 6.06. The average molecular weight is 374 g/mol. The number of halogens is 3. The fourth-order valence-corrected chi connectivity index (χ4v) is 2.54. The van der Waals surface area contributed by atoms with Crippen molar-refractivity contribution in [1.29, 1.82) is 0 Å². The Hall–Kier alpha value is 0.580. The zero-order valence-electron chi connectivity index (χ0n) is 6.60. The molecule has 0 bridgehead atoms. The number of nitrogens with two attached hydrogens (primary N) is 1. The van der Waals surface area contributed by atoms with Crippen molar-refractivity contribution >= 4 is 47.8 Å². The van der Waals surface area contributed by atoms with Crippen molar-refractivity contribution < 1.29 is 5.11 Å². The first-order valence-corrected chi connectivity index (χ1v) is 5.96. The SMILES string of the molecule is NC[C@H](O)c1cc(Br)c(Br)cc1Br. The predicted molar refractivity (Wildman–Crippen MR) is 63.6 cm³/mol. The van der Waals surface area contributed by atoms with Gasteiger partial charge in [-0.2, -0.15) is 0 Å². The molecule has 0 saturated heterocycles. The minimum Gasteiger partial charge on any atom is -0.387 e. The van der Waals surface area contributed by atoms with Crippen LogP contribution in [0.3, 0.4) is 0 Å². The van der Waals surface area contributed by atoms with Gasteiger partial charge in [-0.25, -0.2) is 0 Å². The minimum absolute atomic E-state index is 0.215. The average Bonchev–Trinajstić information content (AvgIpc) is 2.10. The van der Waals surface area contributed by atoms with Crippen LogP contribution in [-0.4, -0.2) is 11.7 Å². The summed E-state index contributed by atoms with van der Waals surface area (Å²) in [7, 11) is 0. The monoisotopic (exact) mass is 371 g/mol. The van der Waals surface area contributed by atoms with Gasteiger partial charge in [-0.3, -0.25) is 0 Å². The van der Waals surface area contributed by atoms with Crippen LogP contribution in [0.4, 0.5) is 0 Å². The Morgan fingerprint density at radius 1 is 1.15 bits per heavy atom. The molecular formula is C8H8Br3NO. The number of rotatable bonds is 2. The molecule has 1 rings (SSSR count). The normalized spacial score (nSPS) is 13.0. The van der Waals surface area contributed by atoms with Gasteiger partial charge >= 0.3 is 0 Å². The first-order valence-electron chi connectivity index (χ1n) is 3.59. The van der Waals surface area contributed by atoms with E-state index in [1.54, 1.807) is 0 Å². The van der Waals surface area contributed by atoms with Crippen molar-refractivity contribution in [3.05, 3.63) is 31.1 Å². The number of hydrogen-bond donors (Lipinski definition) is 2. The van der Waals surface area contributed by atoms with Crippen molar-refractivity contribution in [2.75, 3.05) is 6.54 Å². The molecule has 0 unspecified atom stereocenters. The summed E-state index contributed by atoms with van der Waals surface area (Å²) >= 11 is 10.1. The van der Waals surface area contributed by atoms with Crippen molar-refractivity contribution in [1.82, 2.24) is 0 Å². The molecule has 5 heteroatoms. The smallest absolute Gasteiger partial charge is 0.0923 e. The molecule has 3 N–H and O–H groups in total. The largest absolute Gasteiger partial charge is 0.387 e. The molecule has 1 aromatic carbocycles. The summed E-state index contributed by atoms with van der Waals surface area (Å²) in [5.41, 5.74) is 6.15. The lowest BCUT2D eigenvalue weighted by atomic mass is 10.1. The number of aliphatic hydroxyl groups is 1. The van der Waals surface area contributed by atoms with Gasteiger partial charge in [0, 0.05) is 20.0 Å². The fourth-order valence-electron chi connectivity index (χ4n) is 0.920. The molecule has 0 fully saturated rings. The number of benzene rings is 1. The molecule has 0 amide bonds. The van der Waals surface area contributed by atoms with E-state index >= 15 is 0 Å². The second-order valence-corrected chi connectivity index (χ2v) is 5.10. The topological polar surface area (TPSA) is 46.2 Å². The lowest BCUT2D eigenvalue weighted by Gasteiger charge is -2.11. The first kappa shape index (κ1) is 11.7. The highest BCUT2D eigenvalue weighted by Gasteiger charge is 2.11. The molecule has 1 aromatic rings. The minimum atomic E-state index is -0.626. The van der Waals surface area contributed by atoms with Crippen LogP contribution in [0.15, 0.2) is 25.6 Å². The molecule has 0 aliphatic carbocycles. The van der Waals surface area contributed by atoms with Crippen LogP contribution < -0.4 is 5.73 Å². The van der Waals surface area contributed by atoms with Crippen LogP contribution >= 0.6 is 47.8 Å². The van der Waals surface area contributed by atoms with E-state index in [0.717, 1.165) is 19.0 Å². The van der Waals surface area contributed by atoms with Crippen molar-refractivity contribution in [2.45, 2.75) is 6.10 Å². The highest BCUT2D eigenvalue weighted by atomic mass is 79.9. The lowest BCUT2D eigenvalue weighted by Crippen LogP contribution is -2.12. The van der Waals surface area contributed by atoms with E-state index < -0.39 is 6.10 Å². The van der Waals surface area contributed by atoms with Crippen LogP contribution in [-0.2, 0) is 0 Å². The fraction of sp³-hybridized carbons (Fsp3) is 0.250. The van der Waals surface area contributed by atoms with E-state index in [1.807, 2.05) is 12.1 Å². The summed E-state index contributed by atoms with van der Waals surface area (Å²) < 4.78 is 2.69. The Balaban J connectivity index is 3.15. The zero-order valence-corrected chi connectivity index (χ0v) is 11.4. The summed E-state index contributed by atoms with van der Waals surface area (Å²) in [6.07, 6.45) is -0.626.